The van der Waals surface area contributed by atoms with Gasteiger partial charge in [-0.05, 0) is 12.5 Å². The van der Waals surface area contributed by atoms with Crippen molar-refractivity contribution in [2.24, 2.45) is 0 Å². The summed E-state index contributed by atoms with van der Waals surface area (Å²) in [7, 11) is -2.38. The van der Waals surface area contributed by atoms with Gasteiger partial charge in [0.25, 0.3) is 0 Å². The van der Waals surface area contributed by atoms with Crippen molar-refractivity contribution in [2.75, 3.05) is 13.7 Å². The Morgan fingerprint density at radius 1 is 1.37 bits per heavy atom. The Labute approximate surface area is 112 Å². The van der Waals surface area contributed by atoms with E-state index < -0.39 is 27.3 Å². The van der Waals surface area contributed by atoms with E-state index in [1.807, 2.05) is 0 Å². The van der Waals surface area contributed by atoms with Crippen molar-refractivity contribution in [2.45, 2.75) is 18.2 Å². The third-order valence-corrected chi connectivity index (χ3v) is 4.35. The van der Waals surface area contributed by atoms with Crippen molar-refractivity contribution in [1.82, 2.24) is 4.72 Å². The van der Waals surface area contributed by atoms with Gasteiger partial charge in [0.2, 0.25) is 10.0 Å². The van der Waals surface area contributed by atoms with E-state index in [0.717, 1.165) is 0 Å². The number of hydrogen-bond donors (Lipinski definition) is 2. The second kappa shape index (κ2) is 6.65. The summed E-state index contributed by atoms with van der Waals surface area (Å²) in [4.78, 5) is 11.2. The quantitative estimate of drug-likeness (QED) is 0.772. The molecule has 1 aromatic carbocycles. The molecule has 1 aromatic rings. The van der Waals surface area contributed by atoms with Crippen LogP contribution in [0.3, 0.4) is 0 Å². The van der Waals surface area contributed by atoms with Gasteiger partial charge in [-0.3, -0.25) is 4.79 Å². The summed E-state index contributed by atoms with van der Waals surface area (Å²) in [5.74, 6) is -1.25. The van der Waals surface area contributed by atoms with E-state index in [0.29, 0.717) is 5.56 Å². The van der Waals surface area contributed by atoms with E-state index in [9.17, 15) is 13.2 Å². The minimum Gasteiger partial charge on any atom is -0.480 e. The predicted octanol–water partition coefficient (Wildman–Crippen LogP) is 0.767. The van der Waals surface area contributed by atoms with Crippen LogP contribution < -0.4 is 4.72 Å². The van der Waals surface area contributed by atoms with E-state index in [-0.39, 0.29) is 6.61 Å². The summed E-state index contributed by atoms with van der Waals surface area (Å²) in [6.07, 6.45) is 0. The zero-order valence-electron chi connectivity index (χ0n) is 10.7. The average Bonchev–Trinajstić information content (AvgIpc) is 2.37. The Hall–Kier alpha value is -1.44. The van der Waals surface area contributed by atoms with Gasteiger partial charge in [0, 0.05) is 7.11 Å². The lowest BCUT2D eigenvalue weighted by Crippen LogP contribution is -2.40. The maximum Gasteiger partial charge on any atom is 0.326 e. The number of carbonyl (C=O) groups is 1. The Bertz CT molecular complexity index is 514. The lowest BCUT2D eigenvalue weighted by molar-refractivity contribution is -0.139. The van der Waals surface area contributed by atoms with Crippen LogP contribution >= 0.6 is 0 Å². The van der Waals surface area contributed by atoms with Crippen LogP contribution in [0.1, 0.15) is 18.5 Å². The van der Waals surface area contributed by atoms with Crippen molar-refractivity contribution in [3.63, 3.8) is 0 Å². The molecular formula is C12H17NO5S. The zero-order chi connectivity index (χ0) is 14.5. The number of rotatable bonds is 7. The molecule has 6 nitrogen and oxygen atoms in total. The van der Waals surface area contributed by atoms with Crippen LogP contribution in [0.25, 0.3) is 0 Å². The molecule has 0 amide bonds. The van der Waals surface area contributed by atoms with Crippen LogP contribution in [0.5, 0.6) is 0 Å². The fourth-order valence-electron chi connectivity index (χ4n) is 1.51. The van der Waals surface area contributed by atoms with E-state index >= 15 is 0 Å². The molecular weight excluding hydrogens is 270 g/mol. The molecule has 19 heavy (non-hydrogen) atoms. The molecule has 0 aliphatic heterocycles. The molecule has 1 rings (SSSR count). The van der Waals surface area contributed by atoms with Crippen LogP contribution in [0, 0.1) is 0 Å². The van der Waals surface area contributed by atoms with Gasteiger partial charge in [-0.25, -0.2) is 8.42 Å². The second-order valence-electron chi connectivity index (χ2n) is 4.11. The number of sulfonamides is 1. The first-order valence-corrected chi connectivity index (χ1v) is 7.21. The third-order valence-electron chi connectivity index (χ3n) is 2.59. The summed E-state index contributed by atoms with van der Waals surface area (Å²) < 4.78 is 30.9. The SMILES string of the molecule is COCC(C)S(=O)(=O)N[C@H](C(=O)O)c1ccccc1. The monoisotopic (exact) mass is 287 g/mol. The molecule has 0 bridgehead atoms. The van der Waals surface area contributed by atoms with Gasteiger partial charge < -0.3 is 9.84 Å². The smallest absolute Gasteiger partial charge is 0.326 e. The molecule has 0 radical (unpaired) electrons. The molecule has 0 fully saturated rings. The summed E-state index contributed by atoms with van der Waals surface area (Å²) in [5.41, 5.74) is 0.378. The number of carboxylic acid groups (broad SMARTS) is 1. The van der Waals surface area contributed by atoms with E-state index in [2.05, 4.69) is 4.72 Å². The highest BCUT2D eigenvalue weighted by Gasteiger charge is 2.29. The van der Waals surface area contributed by atoms with E-state index in [1.165, 1.54) is 14.0 Å². The summed E-state index contributed by atoms with van der Waals surface area (Å²) >= 11 is 0. The molecule has 0 aromatic heterocycles. The van der Waals surface area contributed by atoms with Crippen LogP contribution in [0.2, 0.25) is 0 Å². The van der Waals surface area contributed by atoms with Crippen molar-refractivity contribution in [1.29, 1.82) is 0 Å². The number of ether oxygens (including phenoxy) is 1. The number of nitrogens with one attached hydrogen (secondary N) is 1. The summed E-state index contributed by atoms with van der Waals surface area (Å²) in [5, 5.41) is 8.31. The van der Waals surface area contributed by atoms with Crippen LogP contribution in [-0.2, 0) is 19.6 Å². The molecule has 106 valence electrons. The maximum atomic E-state index is 12.0. The predicted molar refractivity (Wildman–Crippen MR) is 70.2 cm³/mol. The topological polar surface area (TPSA) is 92.7 Å². The number of hydrogen-bond acceptors (Lipinski definition) is 4. The highest BCUT2D eigenvalue weighted by Crippen LogP contribution is 2.15. The highest BCUT2D eigenvalue weighted by atomic mass is 32.2. The van der Waals surface area contributed by atoms with Crippen LogP contribution in [0.15, 0.2) is 30.3 Å². The standard InChI is InChI=1S/C12H17NO5S/c1-9(8-18-2)19(16,17)13-11(12(14)15)10-6-4-3-5-7-10/h3-7,9,11,13H,8H2,1-2H3,(H,14,15)/t9?,11-/m0/s1. The van der Waals surface area contributed by atoms with Crippen molar-refractivity contribution >= 4 is 16.0 Å². The van der Waals surface area contributed by atoms with Crippen LogP contribution in [0.4, 0.5) is 0 Å². The molecule has 0 aliphatic carbocycles. The van der Waals surface area contributed by atoms with Crippen LogP contribution in [-0.4, -0.2) is 38.5 Å². The molecule has 0 heterocycles. The fraction of sp³-hybridized carbons (Fsp3) is 0.417. The van der Waals surface area contributed by atoms with Crippen molar-refractivity contribution in [3.05, 3.63) is 35.9 Å². The van der Waals surface area contributed by atoms with Gasteiger partial charge in [-0.15, -0.1) is 0 Å². The average molecular weight is 287 g/mol. The van der Waals surface area contributed by atoms with Gasteiger partial charge >= 0.3 is 5.97 Å². The lowest BCUT2D eigenvalue weighted by atomic mass is 10.1. The number of benzene rings is 1. The van der Waals surface area contributed by atoms with Gasteiger partial charge in [0.05, 0.1) is 11.9 Å². The molecule has 0 saturated carbocycles. The lowest BCUT2D eigenvalue weighted by Gasteiger charge is -2.18. The Kier molecular flexibility index (Phi) is 5.46. The first-order chi connectivity index (χ1) is 8.88. The number of carboxylic acids is 1. The second-order valence-corrected chi connectivity index (χ2v) is 6.24. The van der Waals surface area contributed by atoms with Gasteiger partial charge in [0.1, 0.15) is 6.04 Å². The molecule has 1 unspecified atom stereocenters. The molecule has 2 atom stereocenters. The molecule has 7 heteroatoms. The largest absolute Gasteiger partial charge is 0.480 e. The van der Waals surface area contributed by atoms with E-state index in [4.69, 9.17) is 9.84 Å². The van der Waals surface area contributed by atoms with E-state index in [1.54, 1.807) is 30.3 Å². The third kappa shape index (κ3) is 4.30. The molecule has 0 saturated heterocycles. The highest BCUT2D eigenvalue weighted by molar-refractivity contribution is 7.90. The Morgan fingerprint density at radius 3 is 2.42 bits per heavy atom. The fourth-order valence-corrected chi connectivity index (χ4v) is 2.62. The van der Waals surface area contributed by atoms with Crippen molar-refractivity contribution < 1.29 is 23.1 Å². The molecule has 0 aliphatic rings. The molecule has 2 N–H and O–H groups in total. The van der Waals surface area contributed by atoms with Gasteiger partial charge in [0.15, 0.2) is 0 Å². The minimum atomic E-state index is -3.77. The Morgan fingerprint density at radius 2 is 1.95 bits per heavy atom. The summed E-state index contributed by atoms with van der Waals surface area (Å²) in [6.45, 7) is 1.45. The van der Waals surface area contributed by atoms with Gasteiger partial charge in [-0.1, -0.05) is 30.3 Å². The summed E-state index contributed by atoms with van der Waals surface area (Å²) in [6, 6.07) is 6.84. The number of aliphatic carboxylic acids is 1. The minimum absolute atomic E-state index is 0.00351. The zero-order valence-corrected chi connectivity index (χ0v) is 11.6. The normalized spacial score (nSPS) is 14.8. The number of methoxy groups -OCH3 is 1. The van der Waals surface area contributed by atoms with Gasteiger partial charge in [-0.2, -0.15) is 4.72 Å². The molecule has 0 spiro atoms. The first kappa shape index (κ1) is 15.6. The first-order valence-electron chi connectivity index (χ1n) is 5.66. The van der Waals surface area contributed by atoms with Crippen molar-refractivity contribution in [3.8, 4) is 0 Å². The Balaban J connectivity index is 2.95. The maximum absolute atomic E-state index is 12.0.